The fourth-order valence-corrected chi connectivity index (χ4v) is 2.36. The van der Waals surface area contributed by atoms with Gasteiger partial charge < -0.3 is 29.2 Å². The molecule has 0 saturated heterocycles. The molecule has 0 fully saturated rings. The summed E-state index contributed by atoms with van der Waals surface area (Å²) in [5.41, 5.74) is 0.590. The maximum absolute atomic E-state index is 12.4. The first-order valence-electron chi connectivity index (χ1n) is 7.67. The number of aromatic nitrogens is 1. The second-order valence-corrected chi connectivity index (χ2v) is 5.35. The Balaban J connectivity index is 2.23. The number of carboxylic acids is 1. The molecule has 2 rings (SSSR count). The average Bonchev–Trinajstić information content (AvgIpc) is 3.09. The number of amides is 1. The quantitative estimate of drug-likeness (QED) is 0.691. The summed E-state index contributed by atoms with van der Waals surface area (Å²) in [5, 5.41) is 15.5. The first-order chi connectivity index (χ1) is 12.5. The lowest BCUT2D eigenvalue weighted by molar-refractivity contribution is -0.137. The lowest BCUT2D eigenvalue weighted by atomic mass is 10.0. The van der Waals surface area contributed by atoms with Crippen LogP contribution in [-0.2, 0) is 16.1 Å². The summed E-state index contributed by atoms with van der Waals surface area (Å²) in [5.74, 6) is -0.309. The molecule has 0 bridgehead atoms. The molecule has 9 nitrogen and oxygen atoms in total. The first-order valence-corrected chi connectivity index (χ1v) is 7.67. The molecule has 0 aliphatic heterocycles. The number of nitrogens with one attached hydrogen (secondary N) is 1. The molecule has 9 heteroatoms. The Labute approximate surface area is 149 Å². The number of ether oxygens (including phenoxy) is 3. The van der Waals surface area contributed by atoms with Crippen LogP contribution in [0.1, 0.15) is 34.3 Å². The largest absolute Gasteiger partial charge is 0.493 e. The molecule has 2 aromatic rings. The van der Waals surface area contributed by atoms with Crippen molar-refractivity contribution in [3.05, 3.63) is 41.3 Å². The molecule has 1 atom stereocenters. The van der Waals surface area contributed by atoms with Crippen molar-refractivity contribution >= 4 is 11.9 Å². The number of hydrogen-bond donors (Lipinski definition) is 2. The number of methoxy groups -OCH3 is 3. The standard InChI is InChI=1S/C17H20N2O7/c1-23-9-11-7-13(19-26-11)17(22)18-12(8-16(20)21)10-4-5-14(24-2)15(6-10)25-3/h4-7,12H,8-9H2,1-3H3,(H,18,22)(H,20,21). The van der Waals surface area contributed by atoms with Gasteiger partial charge in [0.05, 0.1) is 26.7 Å². The van der Waals surface area contributed by atoms with Crippen molar-refractivity contribution < 1.29 is 33.4 Å². The minimum Gasteiger partial charge on any atom is -0.493 e. The molecule has 2 N–H and O–H groups in total. The van der Waals surface area contributed by atoms with Gasteiger partial charge in [0.15, 0.2) is 23.0 Å². The highest BCUT2D eigenvalue weighted by Crippen LogP contribution is 2.31. The Morgan fingerprint density at radius 2 is 1.92 bits per heavy atom. The molecule has 140 valence electrons. The van der Waals surface area contributed by atoms with Gasteiger partial charge in [-0.15, -0.1) is 0 Å². The molecule has 0 saturated carbocycles. The van der Waals surface area contributed by atoms with Crippen LogP contribution in [0.3, 0.4) is 0 Å². The van der Waals surface area contributed by atoms with Gasteiger partial charge >= 0.3 is 5.97 Å². The normalized spacial score (nSPS) is 11.7. The number of hydrogen-bond acceptors (Lipinski definition) is 7. The summed E-state index contributed by atoms with van der Waals surface area (Å²) in [4.78, 5) is 23.6. The van der Waals surface area contributed by atoms with Crippen molar-refractivity contribution in [2.24, 2.45) is 0 Å². The third-order valence-corrected chi connectivity index (χ3v) is 3.57. The molecule has 1 amide bonds. The van der Waals surface area contributed by atoms with Crippen molar-refractivity contribution in [1.82, 2.24) is 10.5 Å². The van der Waals surface area contributed by atoms with Gasteiger partial charge in [0.25, 0.3) is 5.91 Å². The van der Waals surface area contributed by atoms with E-state index in [9.17, 15) is 14.7 Å². The highest BCUT2D eigenvalue weighted by atomic mass is 16.5. The van der Waals surface area contributed by atoms with Crippen LogP contribution >= 0.6 is 0 Å². The summed E-state index contributed by atoms with van der Waals surface area (Å²) in [7, 11) is 4.46. The van der Waals surface area contributed by atoms with E-state index in [-0.39, 0.29) is 18.7 Å². The van der Waals surface area contributed by atoms with Crippen LogP contribution in [0.4, 0.5) is 0 Å². The number of carbonyl (C=O) groups is 2. The molecule has 1 unspecified atom stereocenters. The van der Waals surface area contributed by atoms with Crippen LogP contribution in [0, 0.1) is 0 Å². The van der Waals surface area contributed by atoms with E-state index < -0.39 is 17.9 Å². The Bertz CT molecular complexity index is 772. The summed E-state index contributed by atoms with van der Waals surface area (Å²) < 4.78 is 20.3. The molecule has 0 spiro atoms. The van der Waals surface area contributed by atoms with E-state index in [1.165, 1.54) is 27.4 Å². The van der Waals surface area contributed by atoms with Crippen LogP contribution in [0.15, 0.2) is 28.8 Å². The van der Waals surface area contributed by atoms with E-state index in [1.54, 1.807) is 18.2 Å². The van der Waals surface area contributed by atoms with Crippen molar-refractivity contribution in [1.29, 1.82) is 0 Å². The van der Waals surface area contributed by atoms with E-state index in [0.717, 1.165) is 0 Å². The van der Waals surface area contributed by atoms with E-state index in [4.69, 9.17) is 18.7 Å². The van der Waals surface area contributed by atoms with Crippen molar-refractivity contribution in [2.75, 3.05) is 21.3 Å². The topological polar surface area (TPSA) is 120 Å². The zero-order valence-electron chi connectivity index (χ0n) is 14.6. The van der Waals surface area contributed by atoms with Crippen LogP contribution < -0.4 is 14.8 Å². The lowest BCUT2D eigenvalue weighted by Gasteiger charge is -2.18. The highest BCUT2D eigenvalue weighted by Gasteiger charge is 2.22. The van der Waals surface area contributed by atoms with Crippen LogP contribution in [-0.4, -0.2) is 43.5 Å². The zero-order valence-corrected chi connectivity index (χ0v) is 14.6. The summed E-state index contributed by atoms with van der Waals surface area (Å²) >= 11 is 0. The van der Waals surface area contributed by atoms with Gasteiger partial charge in [-0.05, 0) is 17.7 Å². The van der Waals surface area contributed by atoms with Gasteiger partial charge in [-0.25, -0.2) is 0 Å². The van der Waals surface area contributed by atoms with E-state index in [0.29, 0.717) is 22.8 Å². The molecular formula is C17H20N2O7. The summed E-state index contributed by atoms with van der Waals surface area (Å²) in [6, 6.07) is 5.57. The van der Waals surface area contributed by atoms with Crippen LogP contribution in [0.5, 0.6) is 11.5 Å². The summed E-state index contributed by atoms with van der Waals surface area (Å²) in [6.45, 7) is 0.175. The smallest absolute Gasteiger partial charge is 0.305 e. The Morgan fingerprint density at radius 1 is 1.19 bits per heavy atom. The van der Waals surface area contributed by atoms with Crippen molar-refractivity contribution in [3.8, 4) is 11.5 Å². The number of nitrogens with zero attached hydrogens (tertiary/aromatic N) is 1. The van der Waals surface area contributed by atoms with Gasteiger partial charge in [0, 0.05) is 13.2 Å². The Morgan fingerprint density at radius 3 is 2.54 bits per heavy atom. The Kier molecular flexibility index (Phi) is 6.56. The second-order valence-electron chi connectivity index (χ2n) is 5.35. The summed E-state index contributed by atoms with van der Waals surface area (Å²) in [6.07, 6.45) is -0.315. The van der Waals surface area contributed by atoms with Gasteiger partial charge in [-0.2, -0.15) is 0 Å². The molecule has 1 aromatic heterocycles. The fourth-order valence-electron chi connectivity index (χ4n) is 2.36. The highest BCUT2D eigenvalue weighted by molar-refractivity contribution is 5.92. The molecule has 26 heavy (non-hydrogen) atoms. The van der Waals surface area contributed by atoms with E-state index in [1.807, 2.05) is 0 Å². The lowest BCUT2D eigenvalue weighted by Crippen LogP contribution is -2.30. The maximum atomic E-state index is 12.4. The fraction of sp³-hybridized carbons (Fsp3) is 0.353. The van der Waals surface area contributed by atoms with Gasteiger partial charge in [-0.1, -0.05) is 11.2 Å². The molecular weight excluding hydrogens is 344 g/mol. The SMILES string of the molecule is COCc1cc(C(=O)NC(CC(=O)O)c2ccc(OC)c(OC)c2)no1. The number of carboxylic acid groups (broad SMARTS) is 1. The molecule has 0 aliphatic carbocycles. The Hall–Kier alpha value is -3.07. The zero-order chi connectivity index (χ0) is 19.1. The third kappa shape index (κ3) is 4.73. The number of rotatable bonds is 9. The minimum absolute atomic E-state index is 0.0351. The predicted molar refractivity (Wildman–Crippen MR) is 89.2 cm³/mol. The van der Waals surface area contributed by atoms with E-state index in [2.05, 4.69) is 10.5 Å². The monoisotopic (exact) mass is 364 g/mol. The van der Waals surface area contributed by atoms with Crippen molar-refractivity contribution in [2.45, 2.75) is 19.1 Å². The predicted octanol–water partition coefficient (Wildman–Crippen LogP) is 1.78. The molecule has 0 aliphatic rings. The van der Waals surface area contributed by atoms with Gasteiger partial charge in [0.2, 0.25) is 0 Å². The number of carbonyl (C=O) groups excluding carboxylic acids is 1. The van der Waals surface area contributed by atoms with Crippen molar-refractivity contribution in [3.63, 3.8) is 0 Å². The number of aliphatic carboxylic acids is 1. The third-order valence-electron chi connectivity index (χ3n) is 3.57. The van der Waals surface area contributed by atoms with E-state index >= 15 is 0 Å². The van der Waals surface area contributed by atoms with Crippen LogP contribution in [0.25, 0.3) is 0 Å². The maximum Gasteiger partial charge on any atom is 0.305 e. The molecule has 1 aromatic carbocycles. The minimum atomic E-state index is -1.06. The van der Waals surface area contributed by atoms with Gasteiger partial charge in [-0.3, -0.25) is 9.59 Å². The number of benzene rings is 1. The van der Waals surface area contributed by atoms with Crippen LogP contribution in [0.2, 0.25) is 0 Å². The second kappa shape index (κ2) is 8.86. The molecule has 1 heterocycles. The average molecular weight is 364 g/mol. The molecule has 0 radical (unpaired) electrons. The first kappa shape index (κ1) is 19.3. The van der Waals surface area contributed by atoms with Gasteiger partial charge in [0.1, 0.15) is 6.61 Å².